The molecule has 0 aliphatic carbocycles. The summed E-state index contributed by atoms with van der Waals surface area (Å²) in [6, 6.07) is 4.19. The van der Waals surface area contributed by atoms with E-state index >= 15 is 0 Å². The molecule has 5 heteroatoms. The van der Waals surface area contributed by atoms with Crippen LogP contribution in [0.4, 0.5) is 0 Å². The van der Waals surface area contributed by atoms with Crippen molar-refractivity contribution in [3.05, 3.63) is 34.9 Å². The molecule has 0 amide bonds. The number of rotatable bonds is 5. The number of carbonyl (C=O) groups is 3. The second-order valence-corrected chi connectivity index (χ2v) is 3.44. The molecule has 1 atom stereocenters. The Hall–Kier alpha value is -2.01. The monoisotopic (exact) mass is 236 g/mol. The van der Waals surface area contributed by atoms with E-state index < -0.39 is 12.1 Å². The van der Waals surface area contributed by atoms with E-state index in [0.717, 1.165) is 0 Å². The maximum Gasteiger partial charge on any atom is 0.337 e. The summed E-state index contributed by atoms with van der Waals surface area (Å²) in [5.41, 5.74) is 0.0151. The minimum Gasteiger partial charge on any atom is -0.479 e. The second-order valence-electron chi connectivity index (χ2n) is 3.44. The van der Waals surface area contributed by atoms with Gasteiger partial charge in [-0.1, -0.05) is 25.1 Å². The molecule has 90 valence electrons. The van der Waals surface area contributed by atoms with Gasteiger partial charge in [0.15, 0.2) is 18.2 Å². The molecule has 0 radical (unpaired) electrons. The number of hydrogen-bond donors (Lipinski definition) is 2. The topological polar surface area (TPSA) is 91.7 Å². The Morgan fingerprint density at radius 2 is 2.06 bits per heavy atom. The van der Waals surface area contributed by atoms with Crippen molar-refractivity contribution in [2.75, 3.05) is 0 Å². The van der Waals surface area contributed by atoms with E-state index in [1.54, 1.807) is 6.92 Å². The maximum absolute atomic E-state index is 11.5. The van der Waals surface area contributed by atoms with Crippen LogP contribution in [-0.2, 0) is 4.79 Å². The molecule has 1 aromatic carbocycles. The molecule has 1 aromatic rings. The number of carboxylic acids is 1. The summed E-state index contributed by atoms with van der Waals surface area (Å²) < 4.78 is 0. The van der Waals surface area contributed by atoms with Crippen molar-refractivity contribution in [1.82, 2.24) is 0 Å². The Labute approximate surface area is 97.7 Å². The highest BCUT2D eigenvalue weighted by atomic mass is 16.4. The number of aliphatic hydroxyl groups excluding tert-OH is 1. The standard InChI is InChI=1S/C12H12O5/c1-2-10(14)7-4-3-5-8(9(7)6-13)11(15)12(16)17/h3-6,11,15H,2H2,1H3,(H,16,17). The van der Waals surface area contributed by atoms with Crippen LogP contribution < -0.4 is 0 Å². The van der Waals surface area contributed by atoms with Gasteiger partial charge in [-0.25, -0.2) is 4.79 Å². The molecule has 2 N–H and O–H groups in total. The number of carbonyl (C=O) groups excluding carboxylic acids is 2. The number of Topliss-reactive ketones (excluding diaryl/α,β-unsaturated/α-hetero) is 1. The van der Waals surface area contributed by atoms with Gasteiger partial charge in [0.05, 0.1) is 0 Å². The number of aldehydes is 1. The average molecular weight is 236 g/mol. The summed E-state index contributed by atoms with van der Waals surface area (Å²) in [4.78, 5) is 33.2. The third-order valence-corrected chi connectivity index (χ3v) is 2.41. The van der Waals surface area contributed by atoms with Crippen LogP contribution in [0, 0.1) is 0 Å². The first-order chi connectivity index (χ1) is 8.02. The Kier molecular flexibility index (Phi) is 4.12. The zero-order valence-corrected chi connectivity index (χ0v) is 9.21. The highest BCUT2D eigenvalue weighted by Crippen LogP contribution is 2.21. The molecule has 0 aliphatic heterocycles. The van der Waals surface area contributed by atoms with Crippen molar-refractivity contribution < 1.29 is 24.6 Å². The molecule has 0 bridgehead atoms. The number of carboxylic acid groups (broad SMARTS) is 1. The van der Waals surface area contributed by atoms with E-state index in [1.807, 2.05) is 0 Å². The predicted molar refractivity (Wildman–Crippen MR) is 59.0 cm³/mol. The van der Waals surface area contributed by atoms with Crippen molar-refractivity contribution in [3.8, 4) is 0 Å². The number of aliphatic hydroxyl groups is 1. The van der Waals surface area contributed by atoms with E-state index in [2.05, 4.69) is 0 Å². The predicted octanol–water partition coefficient (Wildman–Crippen LogP) is 1.21. The third-order valence-electron chi connectivity index (χ3n) is 2.41. The van der Waals surface area contributed by atoms with Gasteiger partial charge in [-0.3, -0.25) is 9.59 Å². The number of benzene rings is 1. The molecule has 17 heavy (non-hydrogen) atoms. The van der Waals surface area contributed by atoms with E-state index in [0.29, 0.717) is 6.29 Å². The summed E-state index contributed by atoms with van der Waals surface area (Å²) in [5, 5.41) is 18.1. The molecule has 5 nitrogen and oxygen atoms in total. The van der Waals surface area contributed by atoms with Crippen molar-refractivity contribution >= 4 is 18.0 Å². The van der Waals surface area contributed by atoms with Gasteiger partial charge < -0.3 is 10.2 Å². The second kappa shape index (κ2) is 5.36. The van der Waals surface area contributed by atoms with E-state index in [4.69, 9.17) is 5.11 Å². The van der Waals surface area contributed by atoms with Gasteiger partial charge in [-0.15, -0.1) is 0 Å². The summed E-state index contributed by atoms with van der Waals surface area (Å²) in [7, 11) is 0. The summed E-state index contributed by atoms with van der Waals surface area (Å²) in [6.07, 6.45) is -1.21. The lowest BCUT2D eigenvalue weighted by atomic mass is 9.95. The van der Waals surface area contributed by atoms with Crippen LogP contribution >= 0.6 is 0 Å². The quantitative estimate of drug-likeness (QED) is 0.592. The van der Waals surface area contributed by atoms with Crippen molar-refractivity contribution in [2.45, 2.75) is 19.4 Å². The van der Waals surface area contributed by atoms with Gasteiger partial charge in [0.25, 0.3) is 0 Å². The van der Waals surface area contributed by atoms with Crippen molar-refractivity contribution in [1.29, 1.82) is 0 Å². The Balaban J connectivity index is 3.38. The number of aliphatic carboxylic acids is 1. The van der Waals surface area contributed by atoms with Crippen LogP contribution in [0.25, 0.3) is 0 Å². The van der Waals surface area contributed by atoms with Gasteiger partial charge in [-0.05, 0) is 0 Å². The average Bonchev–Trinajstić information content (AvgIpc) is 2.35. The first-order valence-corrected chi connectivity index (χ1v) is 5.05. The lowest BCUT2D eigenvalue weighted by molar-refractivity contribution is -0.146. The van der Waals surface area contributed by atoms with Crippen LogP contribution in [0.5, 0.6) is 0 Å². The van der Waals surface area contributed by atoms with Crippen LogP contribution in [0.3, 0.4) is 0 Å². The largest absolute Gasteiger partial charge is 0.479 e. The molecule has 0 aromatic heterocycles. The molecule has 0 saturated heterocycles. The summed E-state index contributed by atoms with van der Waals surface area (Å²) in [5.74, 6) is -1.74. The van der Waals surface area contributed by atoms with Gasteiger partial charge in [0.1, 0.15) is 0 Å². The van der Waals surface area contributed by atoms with Gasteiger partial charge >= 0.3 is 5.97 Å². The third kappa shape index (κ3) is 2.57. The van der Waals surface area contributed by atoms with Crippen LogP contribution in [0.1, 0.15) is 45.7 Å². The van der Waals surface area contributed by atoms with Crippen LogP contribution in [0.2, 0.25) is 0 Å². The van der Waals surface area contributed by atoms with Crippen LogP contribution in [-0.4, -0.2) is 28.3 Å². The molecule has 0 saturated carbocycles. The highest BCUT2D eigenvalue weighted by molar-refractivity contribution is 6.03. The SMILES string of the molecule is CCC(=O)c1cccc(C(O)C(=O)O)c1C=O. The highest BCUT2D eigenvalue weighted by Gasteiger charge is 2.22. The summed E-state index contributed by atoms with van der Waals surface area (Å²) in [6.45, 7) is 1.64. The smallest absolute Gasteiger partial charge is 0.337 e. The molecular weight excluding hydrogens is 224 g/mol. The van der Waals surface area contributed by atoms with E-state index in [9.17, 15) is 19.5 Å². The summed E-state index contributed by atoms with van der Waals surface area (Å²) >= 11 is 0. The van der Waals surface area contributed by atoms with E-state index in [-0.39, 0.29) is 28.9 Å². The minimum absolute atomic E-state index is 0.0609. The van der Waals surface area contributed by atoms with Gasteiger partial charge in [0.2, 0.25) is 0 Å². The molecule has 0 aliphatic rings. The zero-order valence-electron chi connectivity index (χ0n) is 9.21. The van der Waals surface area contributed by atoms with E-state index in [1.165, 1.54) is 18.2 Å². The molecule has 0 spiro atoms. The van der Waals surface area contributed by atoms with Crippen molar-refractivity contribution in [3.63, 3.8) is 0 Å². The molecule has 0 fully saturated rings. The molecule has 1 unspecified atom stereocenters. The zero-order chi connectivity index (χ0) is 13.0. The fourth-order valence-corrected chi connectivity index (χ4v) is 1.52. The maximum atomic E-state index is 11.5. The van der Waals surface area contributed by atoms with Gasteiger partial charge in [0, 0.05) is 23.1 Å². The lowest BCUT2D eigenvalue weighted by Gasteiger charge is -2.11. The van der Waals surface area contributed by atoms with Gasteiger partial charge in [-0.2, -0.15) is 0 Å². The molecular formula is C12H12O5. The fourth-order valence-electron chi connectivity index (χ4n) is 1.52. The Morgan fingerprint density at radius 1 is 1.41 bits per heavy atom. The lowest BCUT2D eigenvalue weighted by Crippen LogP contribution is -2.15. The number of hydrogen-bond acceptors (Lipinski definition) is 4. The van der Waals surface area contributed by atoms with Crippen molar-refractivity contribution in [2.24, 2.45) is 0 Å². The minimum atomic E-state index is -1.81. The Morgan fingerprint density at radius 3 is 2.53 bits per heavy atom. The first-order valence-electron chi connectivity index (χ1n) is 5.05. The Bertz CT molecular complexity index is 464. The normalized spacial score (nSPS) is 11.9. The fraction of sp³-hybridized carbons (Fsp3) is 0.250. The molecule has 1 rings (SSSR count). The first kappa shape index (κ1) is 13.1. The van der Waals surface area contributed by atoms with Crippen LogP contribution in [0.15, 0.2) is 18.2 Å². The number of ketones is 1. The molecule has 0 heterocycles.